The standard InChI is InChI=1S/C23H25FN8OS/c1-15-20(34-16(2)29-15)23(33)25-7-8-32-22-19(13-28-32)21(26-14-27-22)31-11-9-30(10-12-31)18-5-3-17(24)4-6-18/h3-6,13-14H,7-12H2,1-2H3,(H,25,33). The Balaban J connectivity index is 1.23. The van der Waals surface area contributed by atoms with E-state index < -0.39 is 0 Å². The van der Waals surface area contributed by atoms with Crippen LogP contribution in [-0.4, -0.2) is 63.4 Å². The minimum absolute atomic E-state index is 0.117. The van der Waals surface area contributed by atoms with Crippen molar-refractivity contribution < 1.29 is 9.18 Å². The molecule has 0 aliphatic carbocycles. The first-order valence-corrected chi connectivity index (χ1v) is 12.0. The van der Waals surface area contributed by atoms with Crippen LogP contribution in [0.2, 0.25) is 0 Å². The molecule has 1 saturated heterocycles. The number of hydrogen-bond acceptors (Lipinski definition) is 8. The van der Waals surface area contributed by atoms with Crippen molar-refractivity contribution in [3.8, 4) is 0 Å². The first-order chi connectivity index (χ1) is 16.5. The SMILES string of the molecule is Cc1nc(C)c(C(=O)NCCn2ncc3c(N4CCN(c5ccc(F)cc5)CC4)ncnc32)s1. The van der Waals surface area contributed by atoms with E-state index in [1.165, 1.54) is 23.5 Å². The highest BCUT2D eigenvalue weighted by molar-refractivity contribution is 7.13. The van der Waals surface area contributed by atoms with Gasteiger partial charge in [-0.2, -0.15) is 5.10 Å². The number of piperazine rings is 1. The number of aromatic nitrogens is 5. The molecule has 0 bridgehead atoms. The van der Waals surface area contributed by atoms with Crippen molar-refractivity contribution in [3.05, 3.63) is 58.2 Å². The van der Waals surface area contributed by atoms with Crippen LogP contribution < -0.4 is 15.1 Å². The number of nitrogens with zero attached hydrogens (tertiary/aromatic N) is 7. The number of benzene rings is 1. The average Bonchev–Trinajstić information content (AvgIpc) is 3.42. The van der Waals surface area contributed by atoms with Gasteiger partial charge in [-0.1, -0.05) is 0 Å². The molecule has 1 fully saturated rings. The van der Waals surface area contributed by atoms with Crippen LogP contribution in [0.4, 0.5) is 15.9 Å². The Morgan fingerprint density at radius 2 is 1.82 bits per heavy atom. The molecule has 176 valence electrons. The number of thiazole rings is 1. The first-order valence-electron chi connectivity index (χ1n) is 11.1. The molecule has 0 atom stereocenters. The Morgan fingerprint density at radius 1 is 1.09 bits per heavy atom. The smallest absolute Gasteiger partial charge is 0.263 e. The van der Waals surface area contributed by atoms with Gasteiger partial charge in [-0.25, -0.2) is 24.0 Å². The quantitative estimate of drug-likeness (QED) is 0.454. The van der Waals surface area contributed by atoms with Gasteiger partial charge in [0.2, 0.25) is 0 Å². The van der Waals surface area contributed by atoms with Gasteiger partial charge >= 0.3 is 0 Å². The molecule has 0 radical (unpaired) electrons. The first kappa shape index (κ1) is 22.2. The van der Waals surface area contributed by atoms with Crippen LogP contribution in [0.5, 0.6) is 0 Å². The molecule has 0 unspecified atom stereocenters. The number of carbonyl (C=O) groups is 1. The molecule has 3 aromatic heterocycles. The second kappa shape index (κ2) is 9.34. The van der Waals surface area contributed by atoms with Gasteiger partial charge in [-0.05, 0) is 38.1 Å². The number of fused-ring (bicyclic) bond motifs is 1. The van der Waals surface area contributed by atoms with Crippen molar-refractivity contribution in [1.82, 2.24) is 30.0 Å². The molecule has 9 nitrogen and oxygen atoms in total. The minimum Gasteiger partial charge on any atom is -0.368 e. The number of anilines is 2. The van der Waals surface area contributed by atoms with Crippen molar-refractivity contribution >= 4 is 39.8 Å². The van der Waals surface area contributed by atoms with E-state index in [2.05, 4.69) is 35.2 Å². The zero-order valence-corrected chi connectivity index (χ0v) is 19.8. The Bertz CT molecular complexity index is 1310. The summed E-state index contributed by atoms with van der Waals surface area (Å²) in [6, 6.07) is 6.61. The van der Waals surface area contributed by atoms with Gasteiger partial charge in [0, 0.05) is 38.4 Å². The molecule has 1 aliphatic rings. The lowest BCUT2D eigenvalue weighted by molar-refractivity contribution is 0.0955. The van der Waals surface area contributed by atoms with Gasteiger partial charge in [0.25, 0.3) is 5.91 Å². The van der Waals surface area contributed by atoms with Gasteiger partial charge < -0.3 is 15.1 Å². The molecule has 4 heterocycles. The Morgan fingerprint density at radius 3 is 2.53 bits per heavy atom. The molecular formula is C23H25FN8OS. The third-order valence-corrected chi connectivity index (χ3v) is 6.97. The van der Waals surface area contributed by atoms with Gasteiger partial charge in [0.05, 0.1) is 28.8 Å². The van der Waals surface area contributed by atoms with Gasteiger partial charge in [0.1, 0.15) is 22.8 Å². The van der Waals surface area contributed by atoms with E-state index in [9.17, 15) is 9.18 Å². The Kier molecular flexibility index (Phi) is 6.10. The molecule has 1 aromatic carbocycles. The Hall–Kier alpha value is -3.60. The molecule has 34 heavy (non-hydrogen) atoms. The van der Waals surface area contributed by atoms with Gasteiger partial charge in [-0.3, -0.25) is 4.79 Å². The minimum atomic E-state index is -0.226. The average molecular weight is 481 g/mol. The number of amides is 1. The highest BCUT2D eigenvalue weighted by atomic mass is 32.1. The largest absolute Gasteiger partial charge is 0.368 e. The highest BCUT2D eigenvalue weighted by Gasteiger charge is 2.22. The maximum Gasteiger partial charge on any atom is 0.263 e. The maximum atomic E-state index is 13.2. The van der Waals surface area contributed by atoms with Crippen LogP contribution in [-0.2, 0) is 6.54 Å². The van der Waals surface area contributed by atoms with Crippen LogP contribution in [0, 0.1) is 19.7 Å². The number of aryl methyl sites for hydroxylation is 2. The number of nitrogens with one attached hydrogen (secondary N) is 1. The lowest BCUT2D eigenvalue weighted by atomic mass is 10.2. The van der Waals surface area contributed by atoms with E-state index in [4.69, 9.17) is 0 Å². The van der Waals surface area contributed by atoms with E-state index in [1.54, 1.807) is 17.2 Å². The van der Waals surface area contributed by atoms with E-state index in [0.717, 1.165) is 59.4 Å². The molecule has 1 amide bonds. The molecule has 11 heteroatoms. The predicted molar refractivity (Wildman–Crippen MR) is 130 cm³/mol. The van der Waals surface area contributed by atoms with Crippen molar-refractivity contribution in [2.45, 2.75) is 20.4 Å². The molecule has 1 N–H and O–H groups in total. The van der Waals surface area contributed by atoms with E-state index >= 15 is 0 Å². The zero-order chi connectivity index (χ0) is 23.7. The number of rotatable bonds is 6. The second-order valence-electron chi connectivity index (χ2n) is 8.16. The maximum absolute atomic E-state index is 13.2. The monoisotopic (exact) mass is 480 g/mol. The summed E-state index contributed by atoms with van der Waals surface area (Å²) < 4.78 is 15.0. The van der Waals surface area contributed by atoms with Crippen molar-refractivity contribution in [2.75, 3.05) is 42.5 Å². The molecule has 5 rings (SSSR count). The molecule has 0 saturated carbocycles. The predicted octanol–water partition coefficient (Wildman–Crippen LogP) is 2.80. The summed E-state index contributed by atoms with van der Waals surface area (Å²) >= 11 is 1.40. The third-order valence-electron chi connectivity index (χ3n) is 5.90. The third kappa shape index (κ3) is 4.43. The Labute approximate surface area is 200 Å². The summed E-state index contributed by atoms with van der Waals surface area (Å²) in [6.07, 6.45) is 3.35. The van der Waals surface area contributed by atoms with Crippen LogP contribution in [0.3, 0.4) is 0 Å². The van der Waals surface area contributed by atoms with E-state index in [1.807, 2.05) is 26.0 Å². The molecule has 1 aliphatic heterocycles. The number of halogens is 1. The molecule has 4 aromatic rings. The fourth-order valence-electron chi connectivity index (χ4n) is 4.22. The topological polar surface area (TPSA) is 92.1 Å². The summed E-state index contributed by atoms with van der Waals surface area (Å²) in [6.45, 7) is 7.88. The lowest BCUT2D eigenvalue weighted by Crippen LogP contribution is -2.46. The summed E-state index contributed by atoms with van der Waals surface area (Å²) in [5, 5.41) is 9.20. The van der Waals surface area contributed by atoms with Gasteiger partial charge in [-0.15, -0.1) is 11.3 Å². The highest BCUT2D eigenvalue weighted by Crippen LogP contribution is 2.25. The normalized spacial score (nSPS) is 14.1. The van der Waals surface area contributed by atoms with Crippen molar-refractivity contribution in [1.29, 1.82) is 0 Å². The van der Waals surface area contributed by atoms with Crippen LogP contribution >= 0.6 is 11.3 Å². The van der Waals surface area contributed by atoms with Gasteiger partial charge in [0.15, 0.2) is 5.65 Å². The zero-order valence-electron chi connectivity index (χ0n) is 19.0. The second-order valence-corrected chi connectivity index (χ2v) is 9.36. The van der Waals surface area contributed by atoms with Crippen molar-refractivity contribution in [3.63, 3.8) is 0 Å². The number of carbonyl (C=O) groups excluding carboxylic acids is 1. The fourth-order valence-corrected chi connectivity index (χ4v) is 5.06. The summed E-state index contributed by atoms with van der Waals surface area (Å²) in [4.78, 5) is 30.8. The van der Waals surface area contributed by atoms with Crippen LogP contribution in [0.1, 0.15) is 20.4 Å². The summed E-state index contributed by atoms with van der Waals surface area (Å²) in [5.41, 5.74) is 2.51. The number of hydrogen-bond donors (Lipinski definition) is 1. The van der Waals surface area contributed by atoms with Crippen molar-refractivity contribution in [2.24, 2.45) is 0 Å². The fraction of sp³-hybridized carbons (Fsp3) is 0.348. The molecule has 0 spiro atoms. The lowest BCUT2D eigenvalue weighted by Gasteiger charge is -2.36. The van der Waals surface area contributed by atoms with Crippen LogP contribution in [0.15, 0.2) is 36.8 Å². The summed E-state index contributed by atoms with van der Waals surface area (Å²) in [5.74, 6) is 0.514. The molecular weight excluding hydrogens is 455 g/mol. The van der Waals surface area contributed by atoms with E-state index in [0.29, 0.717) is 18.0 Å². The summed E-state index contributed by atoms with van der Waals surface area (Å²) in [7, 11) is 0. The van der Waals surface area contributed by atoms with Crippen LogP contribution in [0.25, 0.3) is 11.0 Å². The van der Waals surface area contributed by atoms with E-state index in [-0.39, 0.29) is 11.7 Å².